The summed E-state index contributed by atoms with van der Waals surface area (Å²) in [7, 11) is 1.58. The van der Waals surface area contributed by atoms with Crippen LogP contribution in [0.15, 0.2) is 42.6 Å². The number of nitrogens with one attached hydrogen (secondary N) is 1. The van der Waals surface area contributed by atoms with Gasteiger partial charge in [-0.1, -0.05) is 12.1 Å². The van der Waals surface area contributed by atoms with Gasteiger partial charge in [-0.2, -0.15) is 0 Å². The summed E-state index contributed by atoms with van der Waals surface area (Å²) >= 11 is 0. The van der Waals surface area contributed by atoms with Crippen molar-refractivity contribution in [2.75, 3.05) is 26.9 Å². The Morgan fingerprint density at radius 3 is 2.76 bits per heavy atom. The summed E-state index contributed by atoms with van der Waals surface area (Å²) in [4.78, 5) is 27.2. The van der Waals surface area contributed by atoms with Crippen molar-refractivity contribution in [1.29, 1.82) is 0 Å². The molecule has 0 radical (unpaired) electrons. The van der Waals surface area contributed by atoms with Gasteiger partial charge in [-0.3, -0.25) is 4.79 Å². The van der Waals surface area contributed by atoms with Crippen molar-refractivity contribution >= 4 is 11.9 Å². The average molecular weight is 344 g/mol. The maximum atomic E-state index is 12.2. The lowest BCUT2D eigenvalue weighted by Crippen LogP contribution is -2.25. The van der Waals surface area contributed by atoms with E-state index in [2.05, 4.69) is 10.3 Å². The van der Waals surface area contributed by atoms with Crippen LogP contribution in [0, 0.1) is 0 Å². The maximum Gasteiger partial charge on any atom is 0.335 e. The Morgan fingerprint density at radius 2 is 2.00 bits per heavy atom. The van der Waals surface area contributed by atoms with Crippen LogP contribution in [0.25, 0.3) is 0 Å². The number of hydrogen-bond donors (Lipinski definition) is 2. The molecule has 2 aromatic rings. The van der Waals surface area contributed by atoms with Crippen LogP contribution in [0.3, 0.4) is 0 Å². The van der Waals surface area contributed by atoms with Crippen molar-refractivity contribution in [1.82, 2.24) is 10.3 Å². The van der Waals surface area contributed by atoms with Gasteiger partial charge in [-0.15, -0.1) is 0 Å². The molecule has 2 N–H and O–H groups in total. The van der Waals surface area contributed by atoms with Gasteiger partial charge in [0.1, 0.15) is 6.61 Å². The minimum absolute atomic E-state index is 0.232. The molecule has 1 aromatic heterocycles. The highest BCUT2D eigenvalue weighted by molar-refractivity contribution is 5.94. The van der Waals surface area contributed by atoms with Crippen molar-refractivity contribution in [2.24, 2.45) is 0 Å². The maximum absolute atomic E-state index is 12.2. The zero-order valence-electron chi connectivity index (χ0n) is 13.9. The molecule has 132 valence electrons. The molecule has 0 atom stereocenters. The zero-order valence-corrected chi connectivity index (χ0v) is 13.9. The number of ether oxygens (including phenoxy) is 2. The first-order valence-corrected chi connectivity index (χ1v) is 7.78. The lowest BCUT2D eigenvalue weighted by molar-refractivity contribution is 0.0696. The molecule has 1 heterocycles. The fraction of sp³-hybridized carbons (Fsp3) is 0.278. The lowest BCUT2D eigenvalue weighted by atomic mass is 10.1. The van der Waals surface area contributed by atoms with Crippen LogP contribution in [0.1, 0.15) is 26.3 Å². The smallest absolute Gasteiger partial charge is 0.335 e. The molecule has 0 saturated carbocycles. The fourth-order valence-electron chi connectivity index (χ4n) is 2.14. The topological polar surface area (TPSA) is 97.8 Å². The molecule has 0 fully saturated rings. The number of carbonyl (C=O) groups excluding carboxylic acids is 1. The molecule has 7 nitrogen and oxygen atoms in total. The van der Waals surface area contributed by atoms with E-state index in [0.717, 1.165) is 5.56 Å². The number of aromatic carboxylic acids is 1. The van der Waals surface area contributed by atoms with E-state index < -0.39 is 5.97 Å². The molecule has 1 amide bonds. The average Bonchev–Trinajstić information content (AvgIpc) is 2.62. The van der Waals surface area contributed by atoms with Gasteiger partial charge in [-0.25, -0.2) is 9.78 Å². The predicted octanol–water partition coefficient (Wildman–Crippen LogP) is 1.78. The second-order valence-corrected chi connectivity index (χ2v) is 5.24. The van der Waals surface area contributed by atoms with Crippen LogP contribution >= 0.6 is 0 Å². The number of carboxylic acid groups (broad SMARTS) is 1. The third-order valence-electron chi connectivity index (χ3n) is 3.41. The van der Waals surface area contributed by atoms with Crippen LogP contribution in [0.4, 0.5) is 0 Å². The quantitative estimate of drug-likeness (QED) is 0.673. The van der Waals surface area contributed by atoms with Gasteiger partial charge < -0.3 is 19.9 Å². The van der Waals surface area contributed by atoms with Crippen LogP contribution in [0.2, 0.25) is 0 Å². The van der Waals surface area contributed by atoms with Crippen molar-refractivity contribution in [3.05, 3.63) is 59.3 Å². The summed E-state index contributed by atoms with van der Waals surface area (Å²) in [5.74, 6) is -0.851. The zero-order chi connectivity index (χ0) is 18.1. The minimum atomic E-state index is -0.969. The van der Waals surface area contributed by atoms with E-state index >= 15 is 0 Å². The molecule has 0 aliphatic rings. The second-order valence-electron chi connectivity index (χ2n) is 5.24. The Hall–Kier alpha value is -2.93. The van der Waals surface area contributed by atoms with Crippen LogP contribution in [0.5, 0.6) is 5.88 Å². The second kappa shape index (κ2) is 9.39. The number of carboxylic acids is 1. The largest absolute Gasteiger partial charge is 0.478 e. The molecule has 0 spiro atoms. The Balaban J connectivity index is 1.87. The summed E-state index contributed by atoms with van der Waals surface area (Å²) in [6, 6.07) is 9.81. The van der Waals surface area contributed by atoms with Crippen molar-refractivity contribution in [3.63, 3.8) is 0 Å². The third-order valence-corrected chi connectivity index (χ3v) is 3.41. The standard InChI is InChI=1S/C18H20N2O5/c1-24-9-10-25-16-12-14(6-8-19-16)17(21)20-7-5-13-3-2-4-15(11-13)18(22)23/h2-4,6,8,11-12H,5,7,9-10H2,1H3,(H,20,21)(H,22,23). The Labute approximate surface area is 145 Å². The molecule has 0 bridgehead atoms. The van der Waals surface area contributed by atoms with Crippen LogP contribution in [-0.2, 0) is 11.2 Å². The molecule has 1 aromatic carbocycles. The van der Waals surface area contributed by atoms with Crippen molar-refractivity contribution in [2.45, 2.75) is 6.42 Å². The number of pyridine rings is 1. The fourth-order valence-corrected chi connectivity index (χ4v) is 2.14. The minimum Gasteiger partial charge on any atom is -0.478 e. The highest BCUT2D eigenvalue weighted by Gasteiger charge is 2.08. The number of methoxy groups -OCH3 is 1. The van der Waals surface area contributed by atoms with Gasteiger partial charge in [0.05, 0.1) is 12.2 Å². The summed E-state index contributed by atoms with van der Waals surface area (Å²) in [6.07, 6.45) is 2.04. The van der Waals surface area contributed by atoms with Gasteiger partial charge in [0, 0.05) is 31.5 Å². The molecule has 2 rings (SSSR count). The predicted molar refractivity (Wildman–Crippen MR) is 91.0 cm³/mol. The Bertz CT molecular complexity index is 733. The number of amides is 1. The molecular weight excluding hydrogens is 324 g/mol. The van der Waals surface area contributed by atoms with E-state index in [-0.39, 0.29) is 11.5 Å². The van der Waals surface area contributed by atoms with E-state index in [1.54, 1.807) is 31.4 Å². The highest BCUT2D eigenvalue weighted by atomic mass is 16.5. The molecule has 7 heteroatoms. The summed E-state index contributed by atoms with van der Waals surface area (Å²) in [5, 5.41) is 11.8. The van der Waals surface area contributed by atoms with Gasteiger partial charge >= 0.3 is 5.97 Å². The summed E-state index contributed by atoms with van der Waals surface area (Å²) in [5.41, 5.74) is 1.52. The first-order valence-electron chi connectivity index (χ1n) is 7.78. The van der Waals surface area contributed by atoms with E-state index in [0.29, 0.717) is 37.6 Å². The number of rotatable bonds is 9. The van der Waals surface area contributed by atoms with Gasteiger partial charge in [0.25, 0.3) is 5.91 Å². The van der Waals surface area contributed by atoms with Gasteiger partial charge in [-0.05, 0) is 30.2 Å². The number of benzene rings is 1. The first kappa shape index (κ1) is 18.4. The van der Waals surface area contributed by atoms with E-state index in [1.807, 2.05) is 6.07 Å². The normalized spacial score (nSPS) is 10.3. The number of hydrogen-bond acceptors (Lipinski definition) is 5. The summed E-state index contributed by atoms with van der Waals surface area (Å²) in [6.45, 7) is 1.19. The highest BCUT2D eigenvalue weighted by Crippen LogP contribution is 2.10. The van der Waals surface area contributed by atoms with Gasteiger partial charge in [0.2, 0.25) is 5.88 Å². The third kappa shape index (κ3) is 5.89. The van der Waals surface area contributed by atoms with Crippen LogP contribution < -0.4 is 10.1 Å². The van der Waals surface area contributed by atoms with E-state index in [4.69, 9.17) is 14.6 Å². The number of nitrogens with zero attached hydrogens (tertiary/aromatic N) is 1. The van der Waals surface area contributed by atoms with Crippen molar-refractivity contribution < 1.29 is 24.2 Å². The molecule has 0 aliphatic heterocycles. The molecule has 0 aliphatic carbocycles. The number of aromatic nitrogens is 1. The van der Waals surface area contributed by atoms with Gasteiger partial charge in [0.15, 0.2) is 0 Å². The SMILES string of the molecule is COCCOc1cc(C(=O)NCCc2cccc(C(=O)O)c2)ccn1. The molecule has 0 saturated heterocycles. The monoisotopic (exact) mass is 344 g/mol. The first-order chi connectivity index (χ1) is 12.1. The molecular formula is C18H20N2O5. The van der Waals surface area contributed by atoms with E-state index in [1.165, 1.54) is 12.3 Å². The molecule has 0 unspecified atom stereocenters. The number of carbonyl (C=O) groups is 2. The summed E-state index contributed by atoms with van der Waals surface area (Å²) < 4.78 is 10.3. The Kier molecular flexibility index (Phi) is 6.91. The lowest BCUT2D eigenvalue weighted by Gasteiger charge is -2.08. The van der Waals surface area contributed by atoms with Crippen LogP contribution in [-0.4, -0.2) is 48.8 Å². The Morgan fingerprint density at radius 1 is 1.16 bits per heavy atom. The van der Waals surface area contributed by atoms with Crippen molar-refractivity contribution in [3.8, 4) is 5.88 Å². The van der Waals surface area contributed by atoms with E-state index in [9.17, 15) is 9.59 Å². The molecule has 25 heavy (non-hydrogen) atoms.